The minimum atomic E-state index is -0.0697. The molecule has 1 aliphatic heterocycles. The summed E-state index contributed by atoms with van der Waals surface area (Å²) in [5.41, 5.74) is 5.71. The zero-order valence-corrected chi connectivity index (χ0v) is 10.3. The van der Waals surface area contributed by atoms with Crippen LogP contribution in [0.5, 0.6) is 0 Å². The Morgan fingerprint density at radius 1 is 1.20 bits per heavy atom. The fourth-order valence-electron chi connectivity index (χ4n) is 2.20. The van der Waals surface area contributed by atoms with Gasteiger partial charge in [-0.15, -0.1) is 0 Å². The summed E-state index contributed by atoms with van der Waals surface area (Å²) in [6, 6.07) is 0. The molecule has 0 amide bonds. The van der Waals surface area contributed by atoms with Crippen molar-refractivity contribution in [2.75, 3.05) is 32.8 Å². The Morgan fingerprint density at radius 3 is 2.27 bits per heavy atom. The van der Waals surface area contributed by atoms with E-state index in [9.17, 15) is 0 Å². The highest BCUT2D eigenvalue weighted by Crippen LogP contribution is 2.19. The number of likely N-dealkylation sites (tertiary alicyclic amines) is 1. The van der Waals surface area contributed by atoms with Crippen LogP contribution < -0.4 is 5.73 Å². The predicted octanol–water partition coefficient (Wildman–Crippen LogP) is 1.62. The van der Waals surface area contributed by atoms with Crippen molar-refractivity contribution >= 4 is 0 Å². The van der Waals surface area contributed by atoms with Gasteiger partial charge in [0.25, 0.3) is 0 Å². The van der Waals surface area contributed by atoms with Gasteiger partial charge < -0.3 is 15.4 Å². The van der Waals surface area contributed by atoms with Crippen molar-refractivity contribution in [2.24, 2.45) is 5.73 Å². The Balaban J connectivity index is 2.21. The van der Waals surface area contributed by atoms with Crippen LogP contribution in [0.15, 0.2) is 0 Å². The summed E-state index contributed by atoms with van der Waals surface area (Å²) in [5, 5.41) is 0. The van der Waals surface area contributed by atoms with Crippen LogP contribution in [-0.2, 0) is 4.74 Å². The van der Waals surface area contributed by atoms with Crippen LogP contribution in [0.4, 0.5) is 0 Å². The first kappa shape index (κ1) is 12.9. The molecule has 15 heavy (non-hydrogen) atoms. The summed E-state index contributed by atoms with van der Waals surface area (Å²) in [6.07, 6.45) is 4.73. The van der Waals surface area contributed by atoms with E-state index in [0.29, 0.717) is 6.54 Å². The Bertz CT molecular complexity index is 155. The van der Waals surface area contributed by atoms with Crippen LogP contribution in [0.2, 0.25) is 0 Å². The third-order valence-electron chi connectivity index (χ3n) is 3.68. The van der Waals surface area contributed by atoms with Crippen LogP contribution in [-0.4, -0.2) is 43.3 Å². The Hall–Kier alpha value is -0.120. The second kappa shape index (κ2) is 6.46. The summed E-state index contributed by atoms with van der Waals surface area (Å²) in [6.45, 7) is 9.35. The molecule has 1 rings (SSSR count). The largest absolute Gasteiger partial charge is 0.372 e. The lowest BCUT2D eigenvalue weighted by atomic mass is 9.97. The molecule has 3 heteroatoms. The maximum absolute atomic E-state index is 5.97. The Morgan fingerprint density at radius 2 is 1.80 bits per heavy atom. The average molecular weight is 214 g/mol. The Kier molecular flexibility index (Phi) is 5.58. The highest BCUT2D eigenvalue weighted by atomic mass is 16.5. The van der Waals surface area contributed by atoms with Gasteiger partial charge in [-0.05, 0) is 38.8 Å². The van der Waals surface area contributed by atoms with E-state index in [2.05, 4.69) is 18.7 Å². The van der Waals surface area contributed by atoms with Crippen molar-refractivity contribution in [3.05, 3.63) is 0 Å². The van der Waals surface area contributed by atoms with Gasteiger partial charge in [0.05, 0.1) is 12.2 Å². The van der Waals surface area contributed by atoms with Crippen molar-refractivity contribution in [1.82, 2.24) is 4.90 Å². The molecule has 0 atom stereocenters. The molecule has 0 saturated carbocycles. The van der Waals surface area contributed by atoms with Crippen molar-refractivity contribution in [1.29, 1.82) is 0 Å². The van der Waals surface area contributed by atoms with Gasteiger partial charge in [-0.3, -0.25) is 0 Å². The molecular weight excluding hydrogens is 188 g/mol. The van der Waals surface area contributed by atoms with Crippen LogP contribution in [0, 0.1) is 0 Å². The third-order valence-corrected chi connectivity index (χ3v) is 3.68. The highest BCUT2D eigenvalue weighted by Gasteiger charge is 2.25. The molecule has 1 fully saturated rings. The van der Waals surface area contributed by atoms with Crippen LogP contribution >= 0.6 is 0 Å². The second-order valence-corrected chi connectivity index (χ2v) is 4.49. The molecule has 0 aromatic rings. The number of ether oxygens (including phenoxy) is 1. The molecule has 0 bridgehead atoms. The molecule has 1 heterocycles. The van der Waals surface area contributed by atoms with E-state index in [4.69, 9.17) is 10.5 Å². The van der Waals surface area contributed by atoms with E-state index in [0.717, 1.165) is 26.0 Å². The van der Waals surface area contributed by atoms with Gasteiger partial charge in [0, 0.05) is 13.1 Å². The molecule has 0 aromatic carbocycles. The summed E-state index contributed by atoms with van der Waals surface area (Å²) in [5.74, 6) is 0. The van der Waals surface area contributed by atoms with Crippen LogP contribution in [0.25, 0.3) is 0 Å². The number of nitrogens with two attached hydrogens (primary N) is 1. The predicted molar refractivity (Wildman–Crippen MR) is 64.0 cm³/mol. The lowest BCUT2D eigenvalue weighted by molar-refractivity contribution is -0.0499. The monoisotopic (exact) mass is 214 g/mol. The van der Waals surface area contributed by atoms with Crippen molar-refractivity contribution < 1.29 is 4.74 Å². The number of hydrogen-bond donors (Lipinski definition) is 1. The van der Waals surface area contributed by atoms with E-state index in [-0.39, 0.29) is 5.60 Å². The second-order valence-electron chi connectivity index (χ2n) is 4.49. The first-order chi connectivity index (χ1) is 7.26. The lowest BCUT2D eigenvalue weighted by Crippen LogP contribution is -2.41. The fraction of sp³-hybridized carbons (Fsp3) is 1.00. The minimum absolute atomic E-state index is 0.0697. The fourth-order valence-corrected chi connectivity index (χ4v) is 2.20. The molecule has 0 radical (unpaired) electrons. The zero-order chi connectivity index (χ0) is 11.1. The smallest absolute Gasteiger partial charge is 0.0799 e. The normalized spacial score (nSPS) is 18.6. The van der Waals surface area contributed by atoms with E-state index < -0.39 is 0 Å². The average Bonchev–Trinajstić information content (AvgIpc) is 2.78. The van der Waals surface area contributed by atoms with Gasteiger partial charge in [0.1, 0.15) is 0 Å². The van der Waals surface area contributed by atoms with E-state index in [1.165, 1.54) is 25.9 Å². The molecule has 90 valence electrons. The highest BCUT2D eigenvalue weighted by molar-refractivity contribution is 4.79. The number of rotatable bonds is 7. The van der Waals surface area contributed by atoms with Gasteiger partial charge in [-0.2, -0.15) is 0 Å². The zero-order valence-electron chi connectivity index (χ0n) is 10.3. The van der Waals surface area contributed by atoms with Gasteiger partial charge in [0.15, 0.2) is 0 Å². The molecule has 0 spiro atoms. The van der Waals surface area contributed by atoms with Crippen LogP contribution in [0.1, 0.15) is 39.5 Å². The molecule has 1 aliphatic rings. The number of nitrogens with zero attached hydrogens (tertiary/aromatic N) is 1. The van der Waals surface area contributed by atoms with Gasteiger partial charge in [0.2, 0.25) is 0 Å². The van der Waals surface area contributed by atoms with E-state index in [1.54, 1.807) is 0 Å². The van der Waals surface area contributed by atoms with Gasteiger partial charge in [-0.25, -0.2) is 0 Å². The standard InChI is InChI=1S/C12H26N2O/c1-3-12(4-2,11-13)15-10-9-14-7-5-6-8-14/h3-11,13H2,1-2H3. The van der Waals surface area contributed by atoms with Crippen LogP contribution in [0.3, 0.4) is 0 Å². The quantitative estimate of drug-likeness (QED) is 0.700. The van der Waals surface area contributed by atoms with Crippen molar-refractivity contribution in [2.45, 2.75) is 45.1 Å². The molecule has 0 aliphatic carbocycles. The molecule has 0 unspecified atom stereocenters. The summed E-state index contributed by atoms with van der Waals surface area (Å²) >= 11 is 0. The van der Waals surface area contributed by atoms with Gasteiger partial charge in [-0.1, -0.05) is 13.8 Å². The maximum Gasteiger partial charge on any atom is 0.0799 e. The van der Waals surface area contributed by atoms with E-state index in [1.807, 2.05) is 0 Å². The SMILES string of the molecule is CCC(CC)(CN)OCCN1CCCC1. The topological polar surface area (TPSA) is 38.5 Å². The third kappa shape index (κ3) is 3.74. The number of hydrogen-bond acceptors (Lipinski definition) is 3. The Labute approximate surface area is 94.0 Å². The molecule has 0 aromatic heterocycles. The lowest BCUT2D eigenvalue weighted by Gasteiger charge is -2.31. The summed E-state index contributed by atoms with van der Waals surface area (Å²) in [7, 11) is 0. The molecular formula is C12H26N2O. The molecule has 3 nitrogen and oxygen atoms in total. The van der Waals surface area contributed by atoms with Crippen molar-refractivity contribution in [3.8, 4) is 0 Å². The van der Waals surface area contributed by atoms with Gasteiger partial charge >= 0.3 is 0 Å². The maximum atomic E-state index is 5.97. The molecule has 2 N–H and O–H groups in total. The first-order valence-corrected chi connectivity index (χ1v) is 6.32. The van der Waals surface area contributed by atoms with Crippen molar-refractivity contribution in [3.63, 3.8) is 0 Å². The minimum Gasteiger partial charge on any atom is -0.372 e. The summed E-state index contributed by atoms with van der Waals surface area (Å²) < 4.78 is 5.97. The van der Waals surface area contributed by atoms with E-state index >= 15 is 0 Å². The first-order valence-electron chi connectivity index (χ1n) is 6.32. The summed E-state index contributed by atoms with van der Waals surface area (Å²) in [4.78, 5) is 2.48. The molecule has 1 saturated heterocycles.